The van der Waals surface area contributed by atoms with Crippen molar-refractivity contribution in [2.45, 2.75) is 58.6 Å². The zero-order valence-corrected chi connectivity index (χ0v) is 11.0. The molecule has 0 radical (unpaired) electrons. The highest BCUT2D eigenvalue weighted by Gasteiger charge is 2.28. The molecule has 96 valence electrons. The molecule has 1 saturated carbocycles. The molecule has 0 saturated heterocycles. The van der Waals surface area contributed by atoms with Crippen molar-refractivity contribution >= 4 is 0 Å². The Kier molecular flexibility index (Phi) is 4.21. The molecule has 3 heteroatoms. The number of hydrogen-bond acceptors (Lipinski definition) is 2. The van der Waals surface area contributed by atoms with E-state index in [2.05, 4.69) is 23.4 Å². The minimum absolute atomic E-state index is 0.372. The Balaban J connectivity index is 1.99. The molecule has 3 nitrogen and oxygen atoms in total. The number of aryl methyl sites for hydroxylation is 1. The summed E-state index contributed by atoms with van der Waals surface area (Å²) in [4.78, 5) is 4.31. The van der Waals surface area contributed by atoms with E-state index in [9.17, 15) is 5.11 Å². The highest BCUT2D eigenvalue weighted by molar-refractivity contribution is 4.99. The van der Waals surface area contributed by atoms with Gasteiger partial charge in [0, 0.05) is 18.9 Å². The molecule has 1 aromatic rings. The van der Waals surface area contributed by atoms with Crippen molar-refractivity contribution in [2.24, 2.45) is 11.8 Å². The zero-order chi connectivity index (χ0) is 12.3. The minimum Gasteiger partial charge on any atom is -0.385 e. The van der Waals surface area contributed by atoms with Gasteiger partial charge >= 0.3 is 0 Å². The van der Waals surface area contributed by atoms with Crippen LogP contribution in [0.1, 0.15) is 57.9 Å². The third-order valence-electron chi connectivity index (χ3n) is 4.27. The van der Waals surface area contributed by atoms with Crippen LogP contribution in [-0.4, -0.2) is 14.7 Å². The van der Waals surface area contributed by atoms with Gasteiger partial charge in [-0.25, -0.2) is 4.98 Å². The van der Waals surface area contributed by atoms with Crippen molar-refractivity contribution < 1.29 is 5.11 Å². The summed E-state index contributed by atoms with van der Waals surface area (Å²) in [6, 6.07) is 0. The number of rotatable bonds is 4. The van der Waals surface area contributed by atoms with Gasteiger partial charge in [-0.3, -0.25) is 0 Å². The predicted molar refractivity (Wildman–Crippen MR) is 68.6 cm³/mol. The highest BCUT2D eigenvalue weighted by atomic mass is 16.3. The highest BCUT2D eigenvalue weighted by Crippen LogP contribution is 2.37. The lowest BCUT2D eigenvalue weighted by atomic mass is 9.78. The quantitative estimate of drug-likeness (QED) is 0.872. The van der Waals surface area contributed by atoms with Crippen LogP contribution in [0.2, 0.25) is 0 Å². The molecule has 0 bridgehead atoms. The zero-order valence-electron chi connectivity index (χ0n) is 11.0. The van der Waals surface area contributed by atoms with Crippen LogP contribution in [0.15, 0.2) is 12.4 Å². The van der Waals surface area contributed by atoms with Crippen LogP contribution in [-0.2, 0) is 6.54 Å². The van der Waals surface area contributed by atoms with Gasteiger partial charge in [0.15, 0.2) is 0 Å². The van der Waals surface area contributed by atoms with E-state index in [0.29, 0.717) is 5.92 Å². The van der Waals surface area contributed by atoms with Gasteiger partial charge in [-0.15, -0.1) is 0 Å². The molecule has 2 rings (SSSR count). The maximum atomic E-state index is 10.4. The Labute approximate surface area is 104 Å². The summed E-state index contributed by atoms with van der Waals surface area (Å²) in [6.07, 6.45) is 9.49. The molecule has 1 aliphatic rings. The van der Waals surface area contributed by atoms with Gasteiger partial charge in [-0.2, -0.15) is 0 Å². The topological polar surface area (TPSA) is 38.1 Å². The predicted octanol–water partition coefficient (Wildman–Crippen LogP) is 3.15. The van der Waals surface area contributed by atoms with E-state index in [-0.39, 0.29) is 6.10 Å². The SMILES string of the molecule is CCC1CCC(C(O)c2nccn2CC)CC1. The number of imidazole rings is 1. The van der Waals surface area contributed by atoms with Crippen LogP contribution in [0.25, 0.3) is 0 Å². The van der Waals surface area contributed by atoms with E-state index in [1.807, 2.05) is 6.20 Å². The molecule has 0 spiro atoms. The number of aromatic nitrogens is 2. The second kappa shape index (κ2) is 5.67. The molecule has 0 aliphatic heterocycles. The molecule has 1 aliphatic carbocycles. The van der Waals surface area contributed by atoms with Gasteiger partial charge in [-0.1, -0.05) is 26.2 Å². The third kappa shape index (κ3) is 2.71. The van der Waals surface area contributed by atoms with Crippen molar-refractivity contribution in [1.82, 2.24) is 9.55 Å². The van der Waals surface area contributed by atoms with E-state index in [1.165, 1.54) is 19.3 Å². The summed E-state index contributed by atoms with van der Waals surface area (Å²) in [6.45, 7) is 5.24. The van der Waals surface area contributed by atoms with E-state index >= 15 is 0 Å². The Bertz CT molecular complexity index is 340. The normalized spacial score (nSPS) is 27.0. The molecule has 1 aromatic heterocycles. The average Bonchev–Trinajstić information content (AvgIpc) is 2.86. The smallest absolute Gasteiger partial charge is 0.137 e. The van der Waals surface area contributed by atoms with Crippen LogP contribution in [0, 0.1) is 11.8 Å². The van der Waals surface area contributed by atoms with Gasteiger partial charge in [0.25, 0.3) is 0 Å². The standard InChI is InChI=1S/C14H24N2O/c1-3-11-5-7-12(8-6-11)13(17)14-15-9-10-16(14)4-2/h9-13,17H,3-8H2,1-2H3. The van der Waals surface area contributed by atoms with Crippen LogP contribution >= 0.6 is 0 Å². The van der Waals surface area contributed by atoms with Gasteiger partial charge in [0.2, 0.25) is 0 Å². The molecule has 17 heavy (non-hydrogen) atoms. The number of hydrogen-bond donors (Lipinski definition) is 1. The molecular formula is C14H24N2O. The van der Waals surface area contributed by atoms with Crippen LogP contribution in [0.3, 0.4) is 0 Å². The Hall–Kier alpha value is -0.830. The van der Waals surface area contributed by atoms with Crippen molar-refractivity contribution in [3.8, 4) is 0 Å². The van der Waals surface area contributed by atoms with E-state index < -0.39 is 0 Å². The molecule has 1 heterocycles. The van der Waals surface area contributed by atoms with Crippen LogP contribution < -0.4 is 0 Å². The Morgan fingerprint density at radius 3 is 2.65 bits per heavy atom. The molecule has 1 atom stereocenters. The molecule has 1 fully saturated rings. The lowest BCUT2D eigenvalue weighted by Crippen LogP contribution is -2.22. The van der Waals surface area contributed by atoms with Crippen molar-refractivity contribution in [3.05, 3.63) is 18.2 Å². The Morgan fingerprint density at radius 1 is 1.35 bits per heavy atom. The summed E-state index contributed by atoms with van der Waals surface area (Å²) < 4.78 is 2.05. The molecule has 1 unspecified atom stereocenters. The van der Waals surface area contributed by atoms with Crippen LogP contribution in [0.4, 0.5) is 0 Å². The molecule has 0 aromatic carbocycles. The average molecular weight is 236 g/mol. The first-order valence-electron chi connectivity index (χ1n) is 6.95. The fourth-order valence-corrected chi connectivity index (χ4v) is 2.98. The molecule has 1 N–H and O–H groups in total. The van der Waals surface area contributed by atoms with Gasteiger partial charge < -0.3 is 9.67 Å². The first-order valence-corrected chi connectivity index (χ1v) is 6.95. The van der Waals surface area contributed by atoms with Gasteiger partial charge in [-0.05, 0) is 31.6 Å². The lowest BCUT2D eigenvalue weighted by Gasteiger charge is -2.30. The summed E-state index contributed by atoms with van der Waals surface area (Å²) in [5.41, 5.74) is 0. The lowest BCUT2D eigenvalue weighted by molar-refractivity contribution is 0.0632. The van der Waals surface area contributed by atoms with E-state index in [0.717, 1.165) is 31.1 Å². The molecular weight excluding hydrogens is 212 g/mol. The van der Waals surface area contributed by atoms with Gasteiger partial charge in [0.05, 0.1) is 0 Å². The summed E-state index contributed by atoms with van der Waals surface area (Å²) in [5.74, 6) is 2.14. The first kappa shape index (κ1) is 12.6. The minimum atomic E-state index is -0.372. The number of nitrogens with zero attached hydrogens (tertiary/aromatic N) is 2. The maximum absolute atomic E-state index is 10.4. The second-order valence-electron chi connectivity index (χ2n) is 5.21. The fraction of sp³-hybridized carbons (Fsp3) is 0.786. The van der Waals surface area contributed by atoms with Gasteiger partial charge in [0.1, 0.15) is 11.9 Å². The number of aliphatic hydroxyl groups excluding tert-OH is 1. The second-order valence-corrected chi connectivity index (χ2v) is 5.21. The largest absolute Gasteiger partial charge is 0.385 e. The monoisotopic (exact) mass is 236 g/mol. The molecule has 0 amide bonds. The first-order chi connectivity index (χ1) is 8.26. The van der Waals surface area contributed by atoms with Crippen molar-refractivity contribution in [1.29, 1.82) is 0 Å². The summed E-state index contributed by atoms with van der Waals surface area (Å²) in [5, 5.41) is 10.4. The fourth-order valence-electron chi connectivity index (χ4n) is 2.98. The van der Waals surface area contributed by atoms with E-state index in [1.54, 1.807) is 6.20 Å². The Morgan fingerprint density at radius 2 is 2.06 bits per heavy atom. The van der Waals surface area contributed by atoms with Crippen LogP contribution in [0.5, 0.6) is 0 Å². The van der Waals surface area contributed by atoms with E-state index in [4.69, 9.17) is 0 Å². The van der Waals surface area contributed by atoms with Crippen molar-refractivity contribution in [2.75, 3.05) is 0 Å². The number of aliphatic hydroxyl groups is 1. The summed E-state index contributed by atoms with van der Waals surface area (Å²) in [7, 11) is 0. The maximum Gasteiger partial charge on any atom is 0.137 e. The summed E-state index contributed by atoms with van der Waals surface area (Å²) >= 11 is 0. The van der Waals surface area contributed by atoms with Crippen molar-refractivity contribution in [3.63, 3.8) is 0 Å². The third-order valence-corrected chi connectivity index (χ3v) is 4.27.